The molecule has 32 heavy (non-hydrogen) atoms. The van der Waals surface area contributed by atoms with Crippen LogP contribution in [-0.2, 0) is 4.79 Å². The van der Waals surface area contributed by atoms with Gasteiger partial charge in [-0.25, -0.2) is 0 Å². The largest absolute Gasteiger partial charge is 0.507 e. The topological polar surface area (TPSA) is 46.5 Å². The first-order valence-electron chi connectivity index (χ1n) is 10.9. The molecule has 2 rings (SSSR count). The average molecular weight is 431 g/mol. The lowest BCUT2D eigenvalue weighted by molar-refractivity contribution is -0.112. The number of ether oxygens (including phenoxy) is 1. The summed E-state index contributed by atoms with van der Waals surface area (Å²) >= 11 is 0. The Bertz CT molecular complexity index is 1020. The van der Waals surface area contributed by atoms with Crippen LogP contribution in [0.2, 0.25) is 0 Å². The normalized spacial score (nSPS) is 13.5. The molecule has 3 heteroatoms. The van der Waals surface area contributed by atoms with Gasteiger partial charge in [-0.3, -0.25) is 4.79 Å². The number of carbonyl (C=O) groups excluding carboxylic acids is 1. The zero-order valence-electron chi connectivity index (χ0n) is 19.8. The van der Waals surface area contributed by atoms with E-state index in [-0.39, 0.29) is 16.9 Å². The summed E-state index contributed by atoms with van der Waals surface area (Å²) in [5, 5.41) is 10.1. The Morgan fingerprint density at radius 3 is 2.19 bits per heavy atom. The van der Waals surface area contributed by atoms with Crippen molar-refractivity contribution in [1.29, 1.82) is 0 Å². The van der Waals surface area contributed by atoms with E-state index in [1.807, 2.05) is 36.4 Å². The van der Waals surface area contributed by atoms with Gasteiger partial charge in [0.1, 0.15) is 11.5 Å². The highest BCUT2D eigenvalue weighted by atomic mass is 16.5. The number of aromatic hydroxyl groups is 1. The van der Waals surface area contributed by atoms with Crippen molar-refractivity contribution >= 4 is 24.0 Å². The van der Waals surface area contributed by atoms with E-state index in [4.69, 9.17) is 4.74 Å². The Kier molecular flexibility index (Phi) is 9.27. The predicted octanol–water partition coefficient (Wildman–Crippen LogP) is 7.48. The van der Waals surface area contributed by atoms with Crippen LogP contribution in [0.5, 0.6) is 11.5 Å². The van der Waals surface area contributed by atoms with Crippen LogP contribution in [-0.4, -0.2) is 18.0 Å². The van der Waals surface area contributed by atoms with Crippen molar-refractivity contribution in [2.75, 3.05) is 7.11 Å². The molecule has 3 nitrogen and oxygen atoms in total. The van der Waals surface area contributed by atoms with Gasteiger partial charge < -0.3 is 9.84 Å². The highest BCUT2D eigenvalue weighted by Gasteiger charge is 2.16. The summed E-state index contributed by atoms with van der Waals surface area (Å²) in [6.07, 6.45) is 16.0. The number of rotatable bonds is 10. The molecule has 2 aromatic rings. The average Bonchev–Trinajstić information content (AvgIpc) is 2.76. The molecule has 1 atom stereocenters. The molecule has 0 aromatic heterocycles. The maximum atomic E-state index is 11.2. The fourth-order valence-corrected chi connectivity index (χ4v) is 3.20. The Balaban J connectivity index is 2.29. The maximum Gasteiger partial charge on any atom is 0.152 e. The number of carbonyl (C=O) groups is 1. The minimum atomic E-state index is -0.154. The Hall–Kier alpha value is -3.33. The molecule has 0 saturated heterocycles. The third kappa shape index (κ3) is 8.43. The number of hydrogen-bond acceptors (Lipinski definition) is 3. The molecule has 0 heterocycles. The zero-order valence-corrected chi connectivity index (χ0v) is 19.8. The van der Waals surface area contributed by atoms with E-state index in [9.17, 15) is 9.90 Å². The number of ketones is 1. The van der Waals surface area contributed by atoms with Crippen LogP contribution < -0.4 is 4.74 Å². The lowest BCUT2D eigenvalue weighted by atomic mass is 9.83. The molecular weight excluding hydrogens is 396 g/mol. The highest BCUT2D eigenvalue weighted by molar-refractivity contribution is 5.92. The minimum absolute atomic E-state index is 0.0548. The molecule has 0 spiro atoms. The molecule has 0 unspecified atom stereocenters. The van der Waals surface area contributed by atoms with Crippen molar-refractivity contribution in [3.05, 3.63) is 89.0 Å². The summed E-state index contributed by atoms with van der Waals surface area (Å²) in [7, 11) is 1.67. The van der Waals surface area contributed by atoms with E-state index in [0.717, 1.165) is 29.7 Å². The summed E-state index contributed by atoms with van der Waals surface area (Å²) in [6, 6.07) is 13.4. The van der Waals surface area contributed by atoms with Gasteiger partial charge in [-0.05, 0) is 81.2 Å². The van der Waals surface area contributed by atoms with Gasteiger partial charge >= 0.3 is 0 Å². The molecular formula is C29H34O3. The van der Waals surface area contributed by atoms with E-state index in [2.05, 4.69) is 51.2 Å². The number of allylic oxidation sites excluding steroid dienone is 5. The smallest absolute Gasteiger partial charge is 0.152 e. The van der Waals surface area contributed by atoms with Crippen molar-refractivity contribution in [1.82, 2.24) is 0 Å². The van der Waals surface area contributed by atoms with Crippen molar-refractivity contribution < 1.29 is 14.6 Å². The molecule has 0 radical (unpaired) electrons. The van der Waals surface area contributed by atoms with E-state index < -0.39 is 0 Å². The van der Waals surface area contributed by atoms with Crippen molar-refractivity contribution in [3.8, 4) is 11.5 Å². The van der Waals surface area contributed by atoms with E-state index in [0.29, 0.717) is 5.56 Å². The first-order chi connectivity index (χ1) is 15.2. The van der Waals surface area contributed by atoms with Gasteiger partial charge in [0.15, 0.2) is 5.78 Å². The lowest BCUT2D eigenvalue weighted by Gasteiger charge is -2.22. The van der Waals surface area contributed by atoms with Crippen LogP contribution in [0.1, 0.15) is 57.2 Å². The Labute approximate surface area is 192 Å². The summed E-state index contributed by atoms with van der Waals surface area (Å²) in [5.74, 6) is 0.946. The number of benzene rings is 2. The molecule has 0 aliphatic rings. The summed E-state index contributed by atoms with van der Waals surface area (Å²) in [5.41, 5.74) is 3.88. The third-order valence-corrected chi connectivity index (χ3v) is 5.21. The maximum absolute atomic E-state index is 11.2. The van der Waals surface area contributed by atoms with E-state index >= 15 is 0 Å². The molecule has 0 bridgehead atoms. The lowest BCUT2D eigenvalue weighted by Crippen LogP contribution is -2.09. The van der Waals surface area contributed by atoms with Crippen LogP contribution in [0.4, 0.5) is 0 Å². The SMILES string of the molecule is COc1ccc(/C=C/[C@@](C)(/C=C/c2ccc(O)c(/C=C/C(C)=O)c2)CCC=C(C)C)cc1. The van der Waals surface area contributed by atoms with E-state index in [1.54, 1.807) is 19.3 Å². The van der Waals surface area contributed by atoms with Crippen LogP contribution in [0.25, 0.3) is 18.2 Å². The van der Waals surface area contributed by atoms with Gasteiger partial charge in [-0.15, -0.1) is 0 Å². The minimum Gasteiger partial charge on any atom is -0.507 e. The Morgan fingerprint density at radius 2 is 1.59 bits per heavy atom. The quantitative estimate of drug-likeness (QED) is 0.314. The monoisotopic (exact) mass is 430 g/mol. The standard InChI is InChI=1S/C29H34O3/c1-22(2)7-6-18-29(4,19-16-24-9-13-27(32-5)14-10-24)20-17-25-11-15-28(31)26(21-25)12-8-23(3)30/h7-17,19-21,31H,6,18H2,1-5H3/b12-8+,19-16+,20-17+/t29-/m0/s1. The predicted molar refractivity (Wildman–Crippen MR) is 136 cm³/mol. The fourth-order valence-electron chi connectivity index (χ4n) is 3.20. The van der Waals surface area contributed by atoms with Crippen LogP contribution >= 0.6 is 0 Å². The summed E-state index contributed by atoms with van der Waals surface area (Å²) in [4.78, 5) is 11.2. The van der Waals surface area contributed by atoms with Gasteiger partial charge in [-0.1, -0.05) is 61.1 Å². The van der Waals surface area contributed by atoms with Crippen LogP contribution in [0.15, 0.2) is 72.3 Å². The van der Waals surface area contributed by atoms with Crippen molar-refractivity contribution in [2.45, 2.75) is 40.5 Å². The molecule has 0 aliphatic carbocycles. The first-order valence-corrected chi connectivity index (χ1v) is 10.9. The van der Waals surface area contributed by atoms with Crippen molar-refractivity contribution in [2.24, 2.45) is 5.41 Å². The van der Waals surface area contributed by atoms with Gasteiger partial charge in [0.05, 0.1) is 7.11 Å². The molecule has 0 saturated carbocycles. The summed E-state index contributed by atoms with van der Waals surface area (Å²) < 4.78 is 5.24. The number of methoxy groups -OCH3 is 1. The molecule has 0 fully saturated rings. The number of phenols is 1. The number of phenolic OH excluding ortho intramolecular Hbond substituents is 1. The molecule has 2 aromatic carbocycles. The second kappa shape index (κ2) is 11.9. The second-order valence-electron chi connectivity index (χ2n) is 8.53. The molecule has 1 N–H and O–H groups in total. The Morgan fingerprint density at radius 1 is 0.969 bits per heavy atom. The molecule has 168 valence electrons. The van der Waals surface area contributed by atoms with Crippen LogP contribution in [0, 0.1) is 5.41 Å². The van der Waals surface area contributed by atoms with Crippen LogP contribution in [0.3, 0.4) is 0 Å². The first kappa shape index (κ1) is 24.9. The van der Waals surface area contributed by atoms with E-state index in [1.165, 1.54) is 18.6 Å². The third-order valence-electron chi connectivity index (χ3n) is 5.21. The van der Waals surface area contributed by atoms with Gasteiger partial charge in [0, 0.05) is 11.0 Å². The van der Waals surface area contributed by atoms with Gasteiger partial charge in [-0.2, -0.15) is 0 Å². The molecule has 0 amide bonds. The zero-order chi connectivity index (χ0) is 23.6. The second-order valence-corrected chi connectivity index (χ2v) is 8.53. The van der Waals surface area contributed by atoms with Gasteiger partial charge in [0.2, 0.25) is 0 Å². The summed E-state index contributed by atoms with van der Waals surface area (Å²) in [6.45, 7) is 7.95. The van der Waals surface area contributed by atoms with Gasteiger partial charge in [0.25, 0.3) is 0 Å². The van der Waals surface area contributed by atoms with Crippen molar-refractivity contribution in [3.63, 3.8) is 0 Å². The molecule has 0 aliphatic heterocycles. The number of hydrogen-bond donors (Lipinski definition) is 1. The fraction of sp³-hybridized carbons (Fsp3) is 0.276. The highest BCUT2D eigenvalue weighted by Crippen LogP contribution is 2.31.